The smallest absolute Gasteiger partial charge is 0.355 e. The van der Waals surface area contributed by atoms with Crippen LogP contribution in [0.2, 0.25) is 0 Å². The van der Waals surface area contributed by atoms with Crippen LogP contribution >= 0.6 is 0 Å². The van der Waals surface area contributed by atoms with E-state index in [2.05, 4.69) is 0 Å². The molecule has 0 radical (unpaired) electrons. The van der Waals surface area contributed by atoms with Gasteiger partial charge >= 0.3 is 11.9 Å². The number of rotatable bonds is 5. The van der Waals surface area contributed by atoms with Gasteiger partial charge in [-0.05, 0) is 19.9 Å². The molecule has 100 valence electrons. The van der Waals surface area contributed by atoms with E-state index < -0.39 is 11.9 Å². The van der Waals surface area contributed by atoms with E-state index in [1.54, 1.807) is 20.9 Å². The zero-order valence-electron chi connectivity index (χ0n) is 11.0. The molecule has 1 heterocycles. The lowest BCUT2D eigenvalue weighted by Crippen LogP contribution is -2.10. The van der Waals surface area contributed by atoms with E-state index in [1.165, 1.54) is 17.7 Å². The topological polar surface area (TPSA) is 66.8 Å². The monoisotopic (exact) mass is 255 g/mol. The van der Waals surface area contributed by atoms with E-state index >= 15 is 0 Å². The molecule has 0 aliphatic carbocycles. The molecule has 0 aliphatic rings. The summed E-state index contributed by atoms with van der Waals surface area (Å²) in [5.41, 5.74) is 0.460. The quantitative estimate of drug-likeness (QED) is 0.744. The number of hydrogen-bond acceptors (Lipinski definition) is 5. The molecule has 0 aliphatic heterocycles. The minimum Gasteiger partial charge on any atom is -0.482 e. The van der Waals surface area contributed by atoms with E-state index in [4.69, 9.17) is 14.2 Å². The van der Waals surface area contributed by atoms with Crippen molar-refractivity contribution in [1.29, 1.82) is 0 Å². The van der Waals surface area contributed by atoms with Crippen molar-refractivity contribution < 1.29 is 23.8 Å². The number of esters is 2. The number of carbonyl (C=O) groups excluding carboxylic acids is 2. The molecule has 0 N–H and O–H groups in total. The van der Waals surface area contributed by atoms with Crippen molar-refractivity contribution in [2.24, 2.45) is 7.05 Å². The molecule has 0 fully saturated rings. The van der Waals surface area contributed by atoms with Gasteiger partial charge in [0, 0.05) is 7.05 Å². The highest BCUT2D eigenvalue weighted by atomic mass is 16.5. The van der Waals surface area contributed by atoms with Gasteiger partial charge in [0.05, 0.1) is 20.3 Å². The van der Waals surface area contributed by atoms with E-state index in [0.29, 0.717) is 0 Å². The van der Waals surface area contributed by atoms with Crippen LogP contribution in [0.25, 0.3) is 0 Å². The maximum Gasteiger partial charge on any atom is 0.355 e. The summed E-state index contributed by atoms with van der Waals surface area (Å²) >= 11 is 0. The first-order chi connectivity index (χ1) is 8.56. The van der Waals surface area contributed by atoms with Crippen LogP contribution < -0.4 is 4.74 Å². The van der Waals surface area contributed by atoms with E-state index in [-0.39, 0.29) is 30.4 Å². The Morgan fingerprint density at radius 1 is 1.17 bits per heavy atom. The van der Waals surface area contributed by atoms with Gasteiger partial charge in [-0.3, -0.25) is 0 Å². The first kappa shape index (κ1) is 14.1. The second-order valence-electron chi connectivity index (χ2n) is 3.45. The summed E-state index contributed by atoms with van der Waals surface area (Å²) in [6, 6.07) is 1.41. The van der Waals surface area contributed by atoms with Gasteiger partial charge in [0.2, 0.25) is 5.88 Å². The van der Waals surface area contributed by atoms with Crippen molar-refractivity contribution >= 4 is 11.9 Å². The van der Waals surface area contributed by atoms with Gasteiger partial charge in [0.25, 0.3) is 0 Å². The Labute approximate surface area is 105 Å². The second-order valence-corrected chi connectivity index (χ2v) is 3.45. The van der Waals surface area contributed by atoms with Crippen LogP contribution in [-0.4, -0.2) is 36.8 Å². The van der Waals surface area contributed by atoms with Crippen molar-refractivity contribution in [3.05, 3.63) is 17.3 Å². The van der Waals surface area contributed by atoms with E-state index in [9.17, 15) is 9.59 Å². The molecule has 1 aromatic rings. The van der Waals surface area contributed by atoms with Crippen LogP contribution in [0.15, 0.2) is 6.07 Å². The fourth-order valence-corrected chi connectivity index (χ4v) is 1.59. The molecule has 1 aromatic heterocycles. The molecule has 0 spiro atoms. The number of ether oxygens (including phenoxy) is 3. The highest BCUT2D eigenvalue weighted by Gasteiger charge is 2.24. The van der Waals surface area contributed by atoms with Crippen molar-refractivity contribution in [2.45, 2.75) is 13.8 Å². The summed E-state index contributed by atoms with van der Waals surface area (Å²) < 4.78 is 16.4. The Morgan fingerprint density at radius 3 is 2.22 bits per heavy atom. The predicted molar refractivity (Wildman–Crippen MR) is 63.9 cm³/mol. The minimum absolute atomic E-state index is 0.213. The van der Waals surface area contributed by atoms with Gasteiger partial charge in [-0.25, -0.2) is 9.59 Å². The molecule has 18 heavy (non-hydrogen) atoms. The van der Waals surface area contributed by atoms with Crippen molar-refractivity contribution in [3.8, 4) is 5.88 Å². The third-order valence-corrected chi connectivity index (χ3v) is 2.35. The van der Waals surface area contributed by atoms with Gasteiger partial charge in [-0.2, -0.15) is 0 Å². The third kappa shape index (κ3) is 2.64. The van der Waals surface area contributed by atoms with Gasteiger partial charge in [0.15, 0.2) is 0 Å². The standard InChI is InChI=1S/C12H17NO5/c1-5-17-11(14)8-7-9(12(15)18-6-2)13(3)10(8)16-4/h7H,5-6H2,1-4H3. The first-order valence-corrected chi connectivity index (χ1v) is 5.64. The lowest BCUT2D eigenvalue weighted by atomic mass is 10.3. The van der Waals surface area contributed by atoms with Crippen LogP contribution in [0, 0.1) is 0 Å². The molecule has 0 unspecified atom stereocenters. The fourth-order valence-electron chi connectivity index (χ4n) is 1.59. The maximum atomic E-state index is 11.7. The second kappa shape index (κ2) is 6.09. The minimum atomic E-state index is -0.527. The summed E-state index contributed by atoms with van der Waals surface area (Å²) in [6.07, 6.45) is 0. The lowest BCUT2D eigenvalue weighted by Gasteiger charge is -2.06. The summed E-state index contributed by atoms with van der Waals surface area (Å²) in [7, 11) is 3.04. The van der Waals surface area contributed by atoms with Crippen LogP contribution in [0.1, 0.15) is 34.7 Å². The number of aromatic nitrogens is 1. The number of nitrogens with zero attached hydrogens (tertiary/aromatic N) is 1. The normalized spacial score (nSPS) is 10.0. The third-order valence-electron chi connectivity index (χ3n) is 2.35. The van der Waals surface area contributed by atoms with Crippen LogP contribution in [0.5, 0.6) is 5.88 Å². The highest BCUT2D eigenvalue weighted by Crippen LogP contribution is 2.24. The molecule has 0 amide bonds. The molecule has 1 rings (SSSR count). The van der Waals surface area contributed by atoms with Crippen molar-refractivity contribution in [3.63, 3.8) is 0 Å². The Bertz CT molecular complexity index is 450. The Morgan fingerprint density at radius 2 is 1.72 bits per heavy atom. The van der Waals surface area contributed by atoms with Gasteiger partial charge < -0.3 is 18.8 Å². The summed E-state index contributed by atoms with van der Waals surface area (Å²) in [5.74, 6) is -0.758. The Balaban J connectivity index is 3.16. The predicted octanol–water partition coefficient (Wildman–Crippen LogP) is 1.39. The number of carbonyl (C=O) groups is 2. The van der Waals surface area contributed by atoms with Gasteiger partial charge in [-0.15, -0.1) is 0 Å². The fraction of sp³-hybridized carbons (Fsp3) is 0.500. The van der Waals surface area contributed by atoms with E-state index in [1.807, 2.05) is 0 Å². The molecular formula is C12H17NO5. The first-order valence-electron chi connectivity index (χ1n) is 5.64. The molecule has 0 saturated heterocycles. The summed E-state index contributed by atoms with van der Waals surface area (Å²) in [4.78, 5) is 23.4. The Kier molecular flexibility index (Phi) is 4.76. The molecule has 6 nitrogen and oxygen atoms in total. The molecule has 0 bridgehead atoms. The number of hydrogen-bond donors (Lipinski definition) is 0. The molecule has 6 heteroatoms. The molecule has 0 aromatic carbocycles. The van der Waals surface area contributed by atoms with Crippen LogP contribution in [0.3, 0.4) is 0 Å². The number of methoxy groups -OCH3 is 1. The zero-order chi connectivity index (χ0) is 13.7. The largest absolute Gasteiger partial charge is 0.482 e. The van der Waals surface area contributed by atoms with Crippen LogP contribution in [-0.2, 0) is 16.5 Å². The summed E-state index contributed by atoms with van der Waals surface area (Å²) in [5, 5.41) is 0. The Hall–Kier alpha value is -1.98. The average molecular weight is 255 g/mol. The highest BCUT2D eigenvalue weighted by molar-refractivity contribution is 5.97. The molecule has 0 saturated carbocycles. The average Bonchev–Trinajstić information content (AvgIpc) is 2.67. The van der Waals surface area contributed by atoms with Crippen molar-refractivity contribution in [2.75, 3.05) is 20.3 Å². The van der Waals surface area contributed by atoms with E-state index in [0.717, 1.165) is 0 Å². The summed E-state index contributed by atoms with van der Waals surface area (Å²) in [6.45, 7) is 3.94. The van der Waals surface area contributed by atoms with Gasteiger partial charge in [-0.1, -0.05) is 0 Å². The SMILES string of the molecule is CCOC(=O)c1cc(C(=O)OCC)n(C)c1OC. The maximum absolute atomic E-state index is 11.7. The lowest BCUT2D eigenvalue weighted by molar-refractivity contribution is 0.0510. The molecule has 0 atom stereocenters. The zero-order valence-corrected chi connectivity index (χ0v) is 11.0. The van der Waals surface area contributed by atoms with Crippen LogP contribution in [0.4, 0.5) is 0 Å². The van der Waals surface area contributed by atoms with Crippen molar-refractivity contribution in [1.82, 2.24) is 4.57 Å². The molecular weight excluding hydrogens is 238 g/mol. The van der Waals surface area contributed by atoms with Gasteiger partial charge in [0.1, 0.15) is 11.3 Å².